The first kappa shape index (κ1) is 20.1. The third kappa shape index (κ3) is 5.44. The second kappa shape index (κ2) is 9.04. The molecule has 1 aromatic heterocycles. The zero-order valence-corrected chi connectivity index (χ0v) is 17.0. The Labute approximate surface area is 166 Å². The van der Waals surface area contributed by atoms with E-state index in [1.807, 2.05) is 48.9 Å². The number of benzene rings is 1. The minimum absolute atomic E-state index is 0.0218. The van der Waals surface area contributed by atoms with E-state index in [0.717, 1.165) is 29.8 Å². The number of esters is 1. The fourth-order valence-electron chi connectivity index (χ4n) is 3.34. The van der Waals surface area contributed by atoms with Crippen LogP contribution >= 0.6 is 0 Å². The number of ether oxygens (including phenoxy) is 1. The van der Waals surface area contributed by atoms with Gasteiger partial charge in [-0.25, -0.2) is 0 Å². The van der Waals surface area contributed by atoms with Crippen molar-refractivity contribution < 1.29 is 14.3 Å². The topological polar surface area (TPSA) is 64.4 Å². The molecular formula is C22H29N3O3. The van der Waals surface area contributed by atoms with Gasteiger partial charge in [-0.3, -0.25) is 14.3 Å². The minimum Gasteiger partial charge on any atom is -0.466 e. The molecule has 2 aromatic rings. The molecule has 6 nitrogen and oxygen atoms in total. The number of carbonyl (C=O) groups excluding carboxylic acids is 2. The Morgan fingerprint density at radius 1 is 1.25 bits per heavy atom. The second-order valence-electron chi connectivity index (χ2n) is 7.53. The summed E-state index contributed by atoms with van der Waals surface area (Å²) in [5, 5.41) is 4.50. The Morgan fingerprint density at radius 2 is 2.04 bits per heavy atom. The zero-order valence-electron chi connectivity index (χ0n) is 17.0. The van der Waals surface area contributed by atoms with E-state index in [-0.39, 0.29) is 18.3 Å². The summed E-state index contributed by atoms with van der Waals surface area (Å²) in [6.07, 6.45) is 2.54. The van der Waals surface area contributed by atoms with Crippen molar-refractivity contribution in [2.24, 2.45) is 5.92 Å². The van der Waals surface area contributed by atoms with Gasteiger partial charge in [0.25, 0.3) is 5.91 Å². The van der Waals surface area contributed by atoms with Crippen LogP contribution in [0.25, 0.3) is 0 Å². The number of amides is 1. The molecule has 0 N–H and O–H groups in total. The van der Waals surface area contributed by atoms with Gasteiger partial charge >= 0.3 is 5.97 Å². The molecule has 0 spiro atoms. The number of hydrogen-bond acceptors (Lipinski definition) is 4. The van der Waals surface area contributed by atoms with Gasteiger partial charge in [-0.05, 0) is 63.3 Å². The summed E-state index contributed by atoms with van der Waals surface area (Å²) in [6, 6.07) is 9.74. The maximum absolute atomic E-state index is 13.1. The number of rotatable bonds is 9. The van der Waals surface area contributed by atoms with Crippen LogP contribution in [0.1, 0.15) is 53.5 Å². The maximum atomic E-state index is 13.1. The Hall–Kier alpha value is -2.63. The highest BCUT2D eigenvalue weighted by Crippen LogP contribution is 2.30. The summed E-state index contributed by atoms with van der Waals surface area (Å²) >= 11 is 0. The molecule has 1 amide bonds. The van der Waals surface area contributed by atoms with Gasteiger partial charge in [0.1, 0.15) is 0 Å². The molecule has 0 atom stereocenters. The van der Waals surface area contributed by atoms with Crippen molar-refractivity contribution in [3.05, 3.63) is 52.8 Å². The van der Waals surface area contributed by atoms with E-state index in [4.69, 9.17) is 4.74 Å². The van der Waals surface area contributed by atoms with E-state index in [2.05, 4.69) is 5.10 Å². The molecule has 1 saturated carbocycles. The van der Waals surface area contributed by atoms with Gasteiger partial charge in [0.2, 0.25) is 0 Å². The summed E-state index contributed by atoms with van der Waals surface area (Å²) in [4.78, 5) is 26.6. The van der Waals surface area contributed by atoms with Crippen molar-refractivity contribution in [2.75, 3.05) is 19.7 Å². The van der Waals surface area contributed by atoms with Crippen molar-refractivity contribution in [1.29, 1.82) is 0 Å². The van der Waals surface area contributed by atoms with Gasteiger partial charge in [-0.2, -0.15) is 5.10 Å². The summed E-state index contributed by atoms with van der Waals surface area (Å²) in [5.41, 5.74) is 3.77. The molecule has 1 aliphatic rings. The molecule has 0 aliphatic heterocycles. The average Bonchev–Trinajstić information content (AvgIpc) is 3.43. The van der Waals surface area contributed by atoms with E-state index in [0.29, 0.717) is 37.7 Å². The van der Waals surface area contributed by atoms with Crippen LogP contribution in [0, 0.1) is 19.8 Å². The van der Waals surface area contributed by atoms with E-state index in [1.54, 1.807) is 11.8 Å². The molecule has 0 bridgehead atoms. The molecule has 28 heavy (non-hydrogen) atoms. The Morgan fingerprint density at radius 3 is 2.68 bits per heavy atom. The SMILES string of the molecule is CCOC(=O)CCN(CC1CC1)C(=O)c1cccc(Cn2nc(C)cc2C)c1. The highest BCUT2D eigenvalue weighted by atomic mass is 16.5. The van der Waals surface area contributed by atoms with Gasteiger partial charge < -0.3 is 9.64 Å². The average molecular weight is 383 g/mol. The van der Waals surface area contributed by atoms with Crippen molar-refractivity contribution >= 4 is 11.9 Å². The third-order valence-electron chi connectivity index (χ3n) is 4.96. The smallest absolute Gasteiger partial charge is 0.307 e. The summed E-state index contributed by atoms with van der Waals surface area (Å²) in [5.74, 6) is 0.282. The molecule has 0 saturated heterocycles. The Balaban J connectivity index is 1.70. The monoisotopic (exact) mass is 383 g/mol. The van der Waals surface area contributed by atoms with Crippen LogP contribution < -0.4 is 0 Å². The first-order valence-electron chi connectivity index (χ1n) is 10.0. The quantitative estimate of drug-likeness (QED) is 0.623. The van der Waals surface area contributed by atoms with Gasteiger partial charge in [0.15, 0.2) is 0 Å². The zero-order chi connectivity index (χ0) is 20.1. The molecule has 0 radical (unpaired) electrons. The van der Waals surface area contributed by atoms with Gasteiger partial charge in [0.05, 0.1) is 25.3 Å². The van der Waals surface area contributed by atoms with E-state index in [1.165, 1.54) is 0 Å². The number of hydrogen-bond donors (Lipinski definition) is 0. The first-order valence-corrected chi connectivity index (χ1v) is 10.0. The van der Waals surface area contributed by atoms with Gasteiger partial charge in [-0.15, -0.1) is 0 Å². The highest BCUT2D eigenvalue weighted by molar-refractivity contribution is 5.94. The molecule has 3 rings (SSSR count). The van der Waals surface area contributed by atoms with Crippen molar-refractivity contribution in [2.45, 2.75) is 46.6 Å². The number of aryl methyl sites for hydroxylation is 2. The number of carbonyl (C=O) groups is 2. The molecular weight excluding hydrogens is 354 g/mol. The molecule has 1 aliphatic carbocycles. The second-order valence-corrected chi connectivity index (χ2v) is 7.53. The summed E-state index contributed by atoms with van der Waals surface area (Å²) in [6.45, 7) is 7.90. The maximum Gasteiger partial charge on any atom is 0.307 e. The van der Waals surface area contributed by atoms with Crippen molar-refractivity contribution in [1.82, 2.24) is 14.7 Å². The Kier molecular flexibility index (Phi) is 6.49. The summed E-state index contributed by atoms with van der Waals surface area (Å²) < 4.78 is 6.96. The fourth-order valence-corrected chi connectivity index (χ4v) is 3.34. The molecule has 6 heteroatoms. The molecule has 1 heterocycles. The predicted molar refractivity (Wildman–Crippen MR) is 107 cm³/mol. The van der Waals surface area contributed by atoms with Crippen LogP contribution in [0.5, 0.6) is 0 Å². The number of nitrogens with zero attached hydrogens (tertiary/aromatic N) is 3. The molecule has 150 valence electrons. The van der Waals surface area contributed by atoms with Crippen molar-refractivity contribution in [3.63, 3.8) is 0 Å². The van der Waals surface area contributed by atoms with Crippen LogP contribution in [0.3, 0.4) is 0 Å². The van der Waals surface area contributed by atoms with Gasteiger partial charge in [-0.1, -0.05) is 12.1 Å². The largest absolute Gasteiger partial charge is 0.466 e. The first-order chi connectivity index (χ1) is 13.5. The van der Waals surface area contributed by atoms with Crippen molar-refractivity contribution in [3.8, 4) is 0 Å². The van der Waals surface area contributed by atoms with E-state index in [9.17, 15) is 9.59 Å². The van der Waals surface area contributed by atoms with Crippen LogP contribution in [-0.4, -0.2) is 46.3 Å². The standard InChI is InChI=1S/C22H29N3O3/c1-4-28-21(26)10-11-24(14-18-8-9-18)22(27)20-7-5-6-19(13-20)15-25-17(3)12-16(2)23-25/h5-7,12-13,18H,4,8-11,14-15H2,1-3H3. The molecule has 1 aromatic carbocycles. The minimum atomic E-state index is -0.255. The predicted octanol–water partition coefficient (Wildman–Crippen LogP) is 3.35. The van der Waals surface area contributed by atoms with E-state index >= 15 is 0 Å². The lowest BCUT2D eigenvalue weighted by Crippen LogP contribution is -2.35. The molecule has 1 fully saturated rings. The van der Waals surface area contributed by atoms with E-state index < -0.39 is 0 Å². The molecule has 0 unspecified atom stereocenters. The normalized spacial score (nSPS) is 13.4. The Bertz CT molecular complexity index is 839. The third-order valence-corrected chi connectivity index (χ3v) is 4.96. The lowest BCUT2D eigenvalue weighted by Gasteiger charge is -2.22. The summed E-state index contributed by atoms with van der Waals surface area (Å²) in [7, 11) is 0. The van der Waals surface area contributed by atoms with Crippen LogP contribution in [0.4, 0.5) is 0 Å². The van der Waals surface area contributed by atoms with Crippen LogP contribution in [-0.2, 0) is 16.1 Å². The fraction of sp³-hybridized carbons (Fsp3) is 0.500. The highest BCUT2D eigenvalue weighted by Gasteiger charge is 2.27. The lowest BCUT2D eigenvalue weighted by atomic mass is 10.1. The lowest BCUT2D eigenvalue weighted by molar-refractivity contribution is -0.143. The number of aromatic nitrogens is 2. The van der Waals surface area contributed by atoms with Crippen LogP contribution in [0.2, 0.25) is 0 Å². The van der Waals surface area contributed by atoms with Crippen LogP contribution in [0.15, 0.2) is 30.3 Å². The van der Waals surface area contributed by atoms with Gasteiger partial charge in [0, 0.05) is 24.3 Å².